The van der Waals surface area contributed by atoms with E-state index in [-0.39, 0.29) is 0 Å². The number of benzene rings is 4. The zero-order valence-corrected chi connectivity index (χ0v) is 24.2. The van der Waals surface area contributed by atoms with Crippen LogP contribution in [-0.4, -0.2) is 34.9 Å². The Bertz CT molecular complexity index is 1980. The lowest BCUT2D eigenvalue weighted by molar-refractivity contribution is 0.948. The van der Waals surface area contributed by atoms with Crippen LogP contribution in [0.15, 0.2) is 122 Å². The summed E-state index contributed by atoms with van der Waals surface area (Å²) < 4.78 is 2.01. The highest BCUT2D eigenvalue weighted by Gasteiger charge is 1.96. The molecule has 0 aliphatic heterocycles. The first-order valence-corrected chi connectivity index (χ1v) is 13.7. The molecule has 0 amide bonds. The number of nitrogens with one attached hydrogen (secondary N) is 1. The molecule has 0 unspecified atom stereocenters. The number of aryl methyl sites for hydroxylation is 4. The van der Waals surface area contributed by atoms with Crippen LogP contribution in [0.25, 0.3) is 43.9 Å². The first-order chi connectivity index (χ1) is 20.5. The van der Waals surface area contributed by atoms with Crippen LogP contribution in [0, 0.1) is 20.8 Å². The molecule has 0 spiro atoms. The summed E-state index contributed by atoms with van der Waals surface area (Å²) in [6.07, 6.45) is 5.46. The largest absolute Gasteiger partial charge is 0.334 e. The van der Waals surface area contributed by atoms with Crippen LogP contribution in [-0.2, 0) is 7.05 Å². The summed E-state index contributed by atoms with van der Waals surface area (Å²) >= 11 is 0. The molecule has 1 N–H and O–H groups in total. The first kappa shape index (κ1) is 28.1. The van der Waals surface area contributed by atoms with Crippen molar-refractivity contribution in [2.45, 2.75) is 20.8 Å². The zero-order chi connectivity index (χ0) is 29.3. The fourth-order valence-electron chi connectivity index (χ4n) is 4.42. The maximum Gasteiger partial charge on any atom is 0.113 e. The molecule has 7 nitrogen and oxygen atoms in total. The second kappa shape index (κ2) is 13.3. The standard InChI is InChI=1S/2C10H9N.C8H8N2.C7H7N3/c2*1-8-4-5-10-9(7-8)3-2-6-11-10;1-10-6-9-7-4-2-3-5-8(7)10;1-5-2-3-6-7(4-5)9-10-8-6/h2*2-7H,1H3;2-6H,1H3;2-4H,1H3,(H,8,9,10). The average molecular weight is 552 g/mol. The second-order valence-electron chi connectivity index (χ2n) is 10.1. The summed E-state index contributed by atoms with van der Waals surface area (Å²) in [4.78, 5) is 12.6. The number of imidazole rings is 1. The summed E-state index contributed by atoms with van der Waals surface area (Å²) in [6.45, 7) is 6.22. The predicted octanol–water partition coefficient (Wildman–Crippen LogP) is 7.93. The molecule has 8 rings (SSSR count). The van der Waals surface area contributed by atoms with E-state index >= 15 is 0 Å². The number of nitrogens with zero attached hydrogens (tertiary/aromatic N) is 6. The molecule has 0 aliphatic carbocycles. The van der Waals surface area contributed by atoms with Crippen molar-refractivity contribution < 1.29 is 0 Å². The summed E-state index contributed by atoms with van der Waals surface area (Å²) in [5.74, 6) is 0. The summed E-state index contributed by atoms with van der Waals surface area (Å²) in [5, 5.41) is 12.9. The van der Waals surface area contributed by atoms with Gasteiger partial charge in [0.1, 0.15) is 11.0 Å². The lowest BCUT2D eigenvalue weighted by Gasteiger charge is -1.95. The molecule has 0 atom stereocenters. The molecule has 0 saturated heterocycles. The Morgan fingerprint density at radius 2 is 1.05 bits per heavy atom. The average Bonchev–Trinajstić information content (AvgIpc) is 3.64. The Labute approximate surface area is 244 Å². The van der Waals surface area contributed by atoms with E-state index in [1.54, 1.807) is 0 Å². The van der Waals surface area contributed by atoms with Crippen molar-refractivity contribution in [2.75, 3.05) is 0 Å². The lowest BCUT2D eigenvalue weighted by Crippen LogP contribution is -1.81. The number of hydrogen-bond donors (Lipinski definition) is 1. The molecule has 42 heavy (non-hydrogen) atoms. The molecule has 4 heterocycles. The number of hydrogen-bond acceptors (Lipinski definition) is 5. The van der Waals surface area contributed by atoms with Gasteiger partial charge in [-0.1, -0.05) is 53.6 Å². The van der Waals surface area contributed by atoms with E-state index in [4.69, 9.17) is 0 Å². The maximum atomic E-state index is 4.22. The molecule has 4 aromatic carbocycles. The predicted molar refractivity (Wildman–Crippen MR) is 172 cm³/mol. The summed E-state index contributed by atoms with van der Waals surface area (Å²) in [7, 11) is 2.00. The minimum atomic E-state index is 0.922. The van der Waals surface area contributed by atoms with Crippen molar-refractivity contribution in [1.82, 2.24) is 34.9 Å². The monoisotopic (exact) mass is 551 g/mol. The highest BCUT2D eigenvalue weighted by atomic mass is 15.3. The third-order valence-electron chi connectivity index (χ3n) is 6.62. The van der Waals surface area contributed by atoms with Gasteiger partial charge in [0.2, 0.25) is 0 Å². The number of H-pyrrole nitrogens is 1. The number of pyridine rings is 2. The van der Waals surface area contributed by atoms with Crippen molar-refractivity contribution in [1.29, 1.82) is 0 Å². The number of para-hydroxylation sites is 2. The lowest BCUT2D eigenvalue weighted by atomic mass is 10.1. The highest BCUT2D eigenvalue weighted by molar-refractivity contribution is 5.79. The number of aromatic amines is 1. The van der Waals surface area contributed by atoms with Gasteiger partial charge in [0, 0.05) is 30.2 Å². The molecule has 0 aliphatic rings. The van der Waals surface area contributed by atoms with Crippen molar-refractivity contribution in [3.05, 3.63) is 139 Å². The fraction of sp³-hybridized carbons (Fsp3) is 0.114. The van der Waals surface area contributed by atoms with Gasteiger partial charge in [0.25, 0.3) is 0 Å². The molecule has 0 bridgehead atoms. The zero-order valence-electron chi connectivity index (χ0n) is 24.2. The Hall–Kier alpha value is -5.43. The van der Waals surface area contributed by atoms with Crippen molar-refractivity contribution in [2.24, 2.45) is 7.05 Å². The molecule has 4 aromatic heterocycles. The SMILES string of the molecule is Cc1ccc2n[nH]nc2c1.Cc1ccc2ncccc2c1.Cc1ccc2ncccc2c1.Cn1cnc2ccccc21. The fourth-order valence-corrected chi connectivity index (χ4v) is 4.42. The van der Waals surface area contributed by atoms with E-state index in [1.165, 1.54) is 33.0 Å². The molecule has 8 aromatic rings. The van der Waals surface area contributed by atoms with E-state index in [9.17, 15) is 0 Å². The molecule has 0 fully saturated rings. The Morgan fingerprint density at radius 3 is 1.67 bits per heavy atom. The van der Waals surface area contributed by atoms with Gasteiger partial charge in [-0.15, -0.1) is 0 Å². The van der Waals surface area contributed by atoms with Gasteiger partial charge in [-0.2, -0.15) is 15.4 Å². The Morgan fingerprint density at radius 1 is 0.500 bits per heavy atom. The van der Waals surface area contributed by atoms with Crippen molar-refractivity contribution in [3.63, 3.8) is 0 Å². The third kappa shape index (κ3) is 7.20. The molecular formula is C35H33N7. The topological polar surface area (TPSA) is 85.2 Å². The second-order valence-corrected chi connectivity index (χ2v) is 10.1. The normalized spacial score (nSPS) is 10.4. The third-order valence-corrected chi connectivity index (χ3v) is 6.62. The molecule has 208 valence electrons. The van der Waals surface area contributed by atoms with Crippen LogP contribution in [0.2, 0.25) is 0 Å². The number of fused-ring (bicyclic) bond motifs is 4. The molecular weight excluding hydrogens is 518 g/mol. The smallest absolute Gasteiger partial charge is 0.113 e. The van der Waals surface area contributed by atoms with E-state index < -0.39 is 0 Å². The number of rotatable bonds is 0. The Kier molecular flexibility index (Phi) is 8.89. The summed E-state index contributed by atoms with van der Waals surface area (Å²) in [6, 6.07) is 34.7. The van der Waals surface area contributed by atoms with Gasteiger partial charge in [-0.3, -0.25) is 9.97 Å². The van der Waals surface area contributed by atoms with Crippen molar-refractivity contribution in [3.8, 4) is 0 Å². The van der Waals surface area contributed by atoms with Crippen LogP contribution >= 0.6 is 0 Å². The van der Waals surface area contributed by atoms with Crippen LogP contribution in [0.5, 0.6) is 0 Å². The van der Waals surface area contributed by atoms with Crippen LogP contribution in [0.1, 0.15) is 16.7 Å². The quantitative estimate of drug-likeness (QED) is 0.207. The van der Waals surface area contributed by atoms with Gasteiger partial charge >= 0.3 is 0 Å². The Balaban J connectivity index is 0.000000112. The van der Waals surface area contributed by atoms with Gasteiger partial charge in [-0.05, 0) is 87.0 Å². The van der Waals surface area contributed by atoms with Crippen LogP contribution in [0.4, 0.5) is 0 Å². The van der Waals surface area contributed by atoms with Gasteiger partial charge in [0.05, 0.1) is 28.4 Å². The first-order valence-electron chi connectivity index (χ1n) is 13.7. The highest BCUT2D eigenvalue weighted by Crippen LogP contribution is 2.13. The van der Waals surface area contributed by atoms with Crippen LogP contribution in [0.3, 0.4) is 0 Å². The van der Waals surface area contributed by atoms with E-state index in [0.717, 1.165) is 27.6 Å². The van der Waals surface area contributed by atoms with Gasteiger partial charge in [0.15, 0.2) is 0 Å². The molecule has 0 radical (unpaired) electrons. The molecule has 0 saturated carbocycles. The maximum absolute atomic E-state index is 4.22. The van der Waals surface area contributed by atoms with Gasteiger partial charge in [-0.25, -0.2) is 4.98 Å². The molecule has 7 heteroatoms. The van der Waals surface area contributed by atoms with E-state index in [0.29, 0.717) is 0 Å². The van der Waals surface area contributed by atoms with Crippen LogP contribution < -0.4 is 0 Å². The number of aromatic nitrogens is 7. The van der Waals surface area contributed by atoms with Crippen molar-refractivity contribution >= 4 is 43.9 Å². The van der Waals surface area contributed by atoms with E-state index in [2.05, 4.69) is 86.7 Å². The van der Waals surface area contributed by atoms with E-state index in [1.807, 2.05) is 97.9 Å². The minimum Gasteiger partial charge on any atom is -0.334 e. The summed E-state index contributed by atoms with van der Waals surface area (Å²) in [5.41, 5.74) is 10.0. The van der Waals surface area contributed by atoms with Gasteiger partial charge < -0.3 is 4.57 Å². The minimum absolute atomic E-state index is 0.922.